The second kappa shape index (κ2) is 9.37. The Labute approximate surface area is 156 Å². The fourth-order valence-corrected chi connectivity index (χ4v) is 3.72. The van der Waals surface area contributed by atoms with Gasteiger partial charge in [0.2, 0.25) is 15.0 Å². The van der Waals surface area contributed by atoms with Crippen molar-refractivity contribution in [1.29, 1.82) is 0 Å². The molecule has 0 N–H and O–H groups in total. The molecule has 1 heterocycles. The summed E-state index contributed by atoms with van der Waals surface area (Å²) in [7, 11) is -3.40. The zero-order chi connectivity index (χ0) is 19.0. The van der Waals surface area contributed by atoms with E-state index in [1.165, 1.54) is 11.8 Å². The summed E-state index contributed by atoms with van der Waals surface area (Å²) >= 11 is 0. The third kappa shape index (κ3) is 5.58. The molecule has 2 rings (SSSR count). The lowest BCUT2D eigenvalue weighted by molar-refractivity contribution is 0.319. The highest BCUT2D eigenvalue weighted by Gasteiger charge is 2.19. The maximum Gasteiger partial charge on any atom is 0.227 e. The monoisotopic (exact) mass is 371 g/mol. The van der Waals surface area contributed by atoms with Crippen molar-refractivity contribution >= 4 is 9.84 Å². The first-order valence-electron chi connectivity index (χ1n) is 8.50. The van der Waals surface area contributed by atoms with Gasteiger partial charge < -0.3 is 4.57 Å². The molecule has 138 valence electrons. The lowest BCUT2D eigenvalue weighted by Gasteiger charge is -2.19. The van der Waals surface area contributed by atoms with E-state index in [0.29, 0.717) is 26.2 Å². The number of hydrogen-bond acceptors (Lipinski definition) is 4. The van der Waals surface area contributed by atoms with Crippen LogP contribution < -0.4 is 0 Å². The van der Waals surface area contributed by atoms with E-state index in [1.54, 1.807) is 16.8 Å². The number of aryl methyl sites for hydroxylation is 1. The predicted molar refractivity (Wildman–Crippen MR) is 104 cm³/mol. The number of terminal acetylenes is 1. The van der Waals surface area contributed by atoms with Gasteiger partial charge in [0, 0.05) is 25.9 Å². The second-order valence-electron chi connectivity index (χ2n) is 6.21. The summed E-state index contributed by atoms with van der Waals surface area (Å²) in [6, 6.07) is 10.1. The number of aromatic nitrogens is 2. The third-order valence-corrected chi connectivity index (χ3v) is 5.00. The maximum atomic E-state index is 12.1. The first kappa shape index (κ1) is 20.0. The molecule has 0 aliphatic heterocycles. The van der Waals surface area contributed by atoms with Crippen LogP contribution in [0.15, 0.2) is 54.3 Å². The van der Waals surface area contributed by atoms with Crippen molar-refractivity contribution in [1.82, 2.24) is 14.5 Å². The van der Waals surface area contributed by atoms with E-state index in [0.717, 1.165) is 18.5 Å². The van der Waals surface area contributed by atoms with Gasteiger partial charge in [-0.1, -0.05) is 42.3 Å². The lowest BCUT2D eigenvalue weighted by Crippen LogP contribution is -2.25. The molecule has 0 unspecified atom stereocenters. The van der Waals surface area contributed by atoms with Gasteiger partial charge in [0.25, 0.3) is 0 Å². The summed E-state index contributed by atoms with van der Waals surface area (Å²) in [5.74, 6) is 2.62. The zero-order valence-corrected chi connectivity index (χ0v) is 16.0. The molecule has 1 aromatic heterocycles. The number of hydrogen-bond donors (Lipinski definition) is 0. The number of benzene rings is 1. The van der Waals surface area contributed by atoms with Gasteiger partial charge in [-0.3, -0.25) is 4.90 Å². The van der Waals surface area contributed by atoms with E-state index in [2.05, 4.69) is 29.6 Å². The van der Waals surface area contributed by atoms with Crippen LogP contribution in [0, 0.1) is 12.3 Å². The highest BCUT2D eigenvalue weighted by Crippen LogP contribution is 2.15. The zero-order valence-electron chi connectivity index (χ0n) is 15.1. The fraction of sp³-hybridized carbons (Fsp3) is 0.350. The van der Waals surface area contributed by atoms with Crippen LogP contribution in [0.25, 0.3) is 0 Å². The third-order valence-electron chi connectivity index (χ3n) is 4.01. The largest absolute Gasteiger partial charge is 0.318 e. The van der Waals surface area contributed by atoms with E-state index < -0.39 is 9.84 Å². The molecule has 6 heteroatoms. The molecule has 0 saturated heterocycles. The van der Waals surface area contributed by atoms with Gasteiger partial charge in [0.05, 0.1) is 18.4 Å². The normalized spacial score (nSPS) is 11.4. The Balaban J connectivity index is 2.19. The molecular formula is C20H25N3O2S. The van der Waals surface area contributed by atoms with Crippen LogP contribution in [-0.2, 0) is 29.3 Å². The van der Waals surface area contributed by atoms with E-state index in [1.807, 2.05) is 23.1 Å². The average Bonchev–Trinajstić information content (AvgIpc) is 2.99. The maximum absolute atomic E-state index is 12.1. The number of rotatable bonds is 10. The minimum Gasteiger partial charge on any atom is -0.318 e. The average molecular weight is 372 g/mol. The molecule has 0 spiro atoms. The molecule has 0 radical (unpaired) electrons. The molecule has 0 amide bonds. The van der Waals surface area contributed by atoms with Crippen LogP contribution in [0.3, 0.4) is 0 Å². The minimum atomic E-state index is -3.40. The molecule has 0 bridgehead atoms. The molecule has 26 heavy (non-hydrogen) atoms. The van der Waals surface area contributed by atoms with Crippen LogP contribution in [0.2, 0.25) is 0 Å². The van der Waals surface area contributed by atoms with Gasteiger partial charge in [0.1, 0.15) is 0 Å². The molecule has 1 aromatic carbocycles. The summed E-state index contributed by atoms with van der Waals surface area (Å²) in [6.07, 6.45) is 11.7. The van der Waals surface area contributed by atoms with E-state index in [9.17, 15) is 8.42 Å². The van der Waals surface area contributed by atoms with Gasteiger partial charge in [-0.2, -0.15) is 0 Å². The first-order chi connectivity index (χ1) is 12.5. The Hall–Kier alpha value is -2.36. The molecule has 2 aromatic rings. The summed E-state index contributed by atoms with van der Waals surface area (Å²) in [5, 5.41) is 0.111. The molecular weight excluding hydrogens is 346 g/mol. The van der Waals surface area contributed by atoms with Crippen molar-refractivity contribution in [3.05, 3.63) is 60.4 Å². The van der Waals surface area contributed by atoms with Crippen LogP contribution in [-0.4, -0.2) is 42.2 Å². The fourth-order valence-electron chi connectivity index (χ4n) is 2.87. The van der Waals surface area contributed by atoms with E-state index in [4.69, 9.17) is 6.42 Å². The van der Waals surface area contributed by atoms with Crippen LogP contribution >= 0.6 is 0 Å². The SMILES string of the molecule is C#CCN(CC=C)Cc1cnc(S(C)(=O)=O)n1CCCc1ccccc1. The van der Waals surface area contributed by atoms with Gasteiger partial charge in [-0.05, 0) is 18.4 Å². The summed E-state index contributed by atoms with van der Waals surface area (Å²) in [4.78, 5) is 6.17. The van der Waals surface area contributed by atoms with Gasteiger partial charge in [-0.25, -0.2) is 13.4 Å². The Morgan fingerprint density at radius 1 is 1.35 bits per heavy atom. The minimum absolute atomic E-state index is 0.111. The summed E-state index contributed by atoms with van der Waals surface area (Å²) < 4.78 is 26.0. The van der Waals surface area contributed by atoms with Crippen molar-refractivity contribution in [2.45, 2.75) is 31.1 Å². The molecule has 0 fully saturated rings. The molecule has 0 atom stereocenters. The van der Waals surface area contributed by atoms with E-state index >= 15 is 0 Å². The Kier molecular flexibility index (Phi) is 7.19. The van der Waals surface area contributed by atoms with E-state index in [-0.39, 0.29) is 5.16 Å². The lowest BCUT2D eigenvalue weighted by atomic mass is 10.1. The Morgan fingerprint density at radius 3 is 2.69 bits per heavy atom. The van der Waals surface area contributed by atoms with Crippen molar-refractivity contribution in [3.8, 4) is 12.3 Å². The summed E-state index contributed by atoms with van der Waals surface area (Å²) in [6.45, 7) is 5.97. The molecule has 5 nitrogen and oxygen atoms in total. The number of sulfone groups is 1. The van der Waals surface area contributed by atoms with Crippen molar-refractivity contribution in [2.24, 2.45) is 0 Å². The van der Waals surface area contributed by atoms with Crippen LogP contribution in [0.5, 0.6) is 0 Å². The van der Waals surface area contributed by atoms with Gasteiger partial charge >= 0.3 is 0 Å². The highest BCUT2D eigenvalue weighted by atomic mass is 32.2. The Bertz CT molecular complexity index is 864. The molecule has 0 saturated carbocycles. The van der Waals surface area contributed by atoms with Crippen LogP contribution in [0.1, 0.15) is 17.7 Å². The van der Waals surface area contributed by atoms with Gasteiger partial charge in [0.15, 0.2) is 0 Å². The van der Waals surface area contributed by atoms with Crippen molar-refractivity contribution in [3.63, 3.8) is 0 Å². The quantitative estimate of drug-likeness (QED) is 0.476. The van der Waals surface area contributed by atoms with Crippen LogP contribution in [0.4, 0.5) is 0 Å². The van der Waals surface area contributed by atoms with Crippen molar-refractivity contribution in [2.75, 3.05) is 19.3 Å². The summed E-state index contributed by atoms with van der Waals surface area (Å²) in [5.41, 5.74) is 2.08. The van der Waals surface area contributed by atoms with Crippen molar-refractivity contribution < 1.29 is 8.42 Å². The highest BCUT2D eigenvalue weighted by molar-refractivity contribution is 7.90. The Morgan fingerprint density at radius 2 is 2.08 bits per heavy atom. The standard InChI is InChI=1S/C20H25N3O2S/c1-4-13-22(14-5-2)17-19-16-21-20(26(3,24)25)23(19)15-9-12-18-10-7-6-8-11-18/h1,5-8,10-11,16H,2,9,12-15,17H2,3H3. The topological polar surface area (TPSA) is 55.2 Å². The molecule has 0 aliphatic rings. The van der Waals surface area contributed by atoms with Gasteiger partial charge in [-0.15, -0.1) is 13.0 Å². The first-order valence-corrected chi connectivity index (χ1v) is 10.4. The predicted octanol–water partition coefficient (Wildman–Crippen LogP) is 2.54. The smallest absolute Gasteiger partial charge is 0.227 e. The molecule has 0 aliphatic carbocycles. The second-order valence-corrected chi connectivity index (χ2v) is 8.12. The number of nitrogens with zero attached hydrogens (tertiary/aromatic N) is 3. The number of imidazole rings is 1.